The second-order valence-corrected chi connectivity index (χ2v) is 8.02. The molecule has 0 radical (unpaired) electrons. The summed E-state index contributed by atoms with van der Waals surface area (Å²) in [4.78, 5) is 24.3. The zero-order chi connectivity index (χ0) is 22.6. The van der Waals surface area contributed by atoms with Gasteiger partial charge >= 0.3 is 5.97 Å². The summed E-state index contributed by atoms with van der Waals surface area (Å²) in [6, 6.07) is 17.2. The second-order valence-electron chi connectivity index (χ2n) is 8.02. The highest BCUT2D eigenvalue weighted by Crippen LogP contribution is 2.55. The van der Waals surface area contributed by atoms with Crippen LogP contribution < -0.4 is 15.2 Å². The molecular weight excluding hydrogens is 412 g/mol. The van der Waals surface area contributed by atoms with Crippen LogP contribution in [-0.4, -0.2) is 42.9 Å². The predicted molar refractivity (Wildman–Crippen MR) is 115 cm³/mol. The van der Waals surface area contributed by atoms with Crippen LogP contribution in [0.1, 0.15) is 18.9 Å². The van der Waals surface area contributed by atoms with Crippen molar-refractivity contribution in [2.75, 3.05) is 24.8 Å². The number of nitrogens with zero attached hydrogens (tertiary/aromatic N) is 3. The predicted octanol–water partition coefficient (Wildman–Crippen LogP) is 2.94. The van der Waals surface area contributed by atoms with Gasteiger partial charge in [0.25, 0.3) is 0 Å². The fraction of sp³-hybridized carbons (Fsp3) is 0.391. The van der Waals surface area contributed by atoms with Crippen molar-refractivity contribution in [3.63, 3.8) is 0 Å². The number of rotatable bonds is 9. The van der Waals surface area contributed by atoms with Crippen molar-refractivity contribution in [1.82, 2.24) is 5.48 Å². The molecule has 1 unspecified atom stereocenters. The largest absolute Gasteiger partial charge is 0.491 e. The fourth-order valence-electron chi connectivity index (χ4n) is 4.01. The lowest BCUT2D eigenvalue weighted by atomic mass is 9.93. The van der Waals surface area contributed by atoms with Crippen molar-refractivity contribution in [3.8, 4) is 5.75 Å². The Hall–Kier alpha value is -3.46. The minimum atomic E-state index is -0.934. The number of carbonyl (C=O) groups is 2. The average Bonchev–Trinajstić information content (AvgIpc) is 3.36. The third-order valence-corrected chi connectivity index (χ3v) is 5.83. The Morgan fingerprint density at radius 1 is 1.19 bits per heavy atom. The van der Waals surface area contributed by atoms with Crippen LogP contribution in [0.25, 0.3) is 0 Å². The molecule has 2 aliphatic rings. The van der Waals surface area contributed by atoms with Gasteiger partial charge in [-0.25, -0.2) is 10.5 Å². The van der Waals surface area contributed by atoms with E-state index in [0.29, 0.717) is 31.7 Å². The van der Waals surface area contributed by atoms with Crippen LogP contribution in [0.3, 0.4) is 0 Å². The van der Waals surface area contributed by atoms with Crippen LogP contribution in [0.15, 0.2) is 64.9 Å². The second kappa shape index (κ2) is 9.35. The van der Waals surface area contributed by atoms with Gasteiger partial charge in [-0.1, -0.05) is 35.6 Å². The van der Waals surface area contributed by atoms with Gasteiger partial charge in [-0.2, -0.15) is 5.11 Å². The number of benzene rings is 2. The molecule has 1 fully saturated rings. The lowest BCUT2D eigenvalue weighted by Gasteiger charge is -2.16. The van der Waals surface area contributed by atoms with Crippen LogP contribution in [-0.2, 0) is 20.7 Å². The van der Waals surface area contributed by atoms with Gasteiger partial charge in [0.05, 0.1) is 30.2 Å². The first-order chi connectivity index (χ1) is 15.6. The summed E-state index contributed by atoms with van der Waals surface area (Å²) in [7, 11) is 0. The Labute approximate surface area is 186 Å². The highest BCUT2D eigenvalue weighted by atomic mass is 16.5. The first-order valence-electron chi connectivity index (χ1n) is 10.6. The van der Waals surface area contributed by atoms with Gasteiger partial charge in [0.1, 0.15) is 18.4 Å². The number of hydroxylamine groups is 1. The average molecular weight is 438 g/mol. The number of nitrogens with one attached hydrogen (secondary N) is 1. The van der Waals surface area contributed by atoms with E-state index in [4.69, 9.17) is 14.7 Å². The number of hydrogen-bond donors (Lipinski definition) is 2. The van der Waals surface area contributed by atoms with E-state index in [9.17, 15) is 9.59 Å². The van der Waals surface area contributed by atoms with E-state index in [1.54, 1.807) is 12.4 Å². The lowest BCUT2D eigenvalue weighted by Crippen LogP contribution is -2.30. The van der Waals surface area contributed by atoms with Gasteiger partial charge in [-0.3, -0.25) is 14.8 Å². The molecule has 2 aromatic rings. The first-order valence-corrected chi connectivity index (χ1v) is 10.6. The summed E-state index contributed by atoms with van der Waals surface area (Å²) in [5.41, 5.74) is 2.59. The van der Waals surface area contributed by atoms with Crippen molar-refractivity contribution in [2.45, 2.75) is 25.8 Å². The van der Waals surface area contributed by atoms with Gasteiger partial charge < -0.3 is 9.47 Å². The Balaban J connectivity index is 1.32. The van der Waals surface area contributed by atoms with Gasteiger partial charge in [0.2, 0.25) is 5.91 Å². The Bertz CT molecular complexity index is 982. The normalized spacial score (nSPS) is 23.6. The number of anilines is 1. The van der Waals surface area contributed by atoms with E-state index in [1.165, 1.54) is 0 Å². The van der Waals surface area contributed by atoms with E-state index in [0.717, 1.165) is 11.3 Å². The molecule has 2 N–H and O–H groups in total. The Morgan fingerprint density at radius 3 is 2.62 bits per heavy atom. The molecule has 4 rings (SSSR count). The highest BCUT2D eigenvalue weighted by Gasteiger charge is 2.64. The molecule has 0 saturated heterocycles. The molecule has 3 atom stereocenters. The molecule has 9 nitrogen and oxygen atoms in total. The van der Waals surface area contributed by atoms with E-state index in [1.807, 2.05) is 59.6 Å². The standard InChI is InChI=1S/C23H26N4O5/c1-2-31-22(29)23(13-20(23)21(28)25-30)12-16-8-10-19(11-9-16)32-15-17-14-27(26-24-17)18-6-4-3-5-7-18/h3-11,17,20,30H,2,12-15H2,1H3,(H,25,28)/t17?,20-,23+/m1/s1. The van der Waals surface area contributed by atoms with E-state index < -0.39 is 23.2 Å². The summed E-state index contributed by atoms with van der Waals surface area (Å²) < 4.78 is 11.0. The number of hydrogen-bond acceptors (Lipinski definition) is 8. The molecule has 2 aromatic carbocycles. The van der Waals surface area contributed by atoms with Gasteiger partial charge in [0.15, 0.2) is 0 Å². The first kappa shape index (κ1) is 21.8. The SMILES string of the molecule is CCOC(=O)[C@@]1(Cc2ccc(OCC3CN(c4ccccc4)N=N3)cc2)C[C@@H]1C(=O)NO. The van der Waals surface area contributed by atoms with Crippen LogP contribution >= 0.6 is 0 Å². The number of para-hydroxylation sites is 1. The molecule has 1 aliphatic carbocycles. The van der Waals surface area contributed by atoms with Crippen molar-refractivity contribution in [3.05, 3.63) is 60.2 Å². The maximum absolute atomic E-state index is 12.5. The molecule has 1 saturated carbocycles. The van der Waals surface area contributed by atoms with E-state index in [2.05, 4.69) is 10.3 Å². The summed E-state index contributed by atoms with van der Waals surface area (Å²) >= 11 is 0. The van der Waals surface area contributed by atoms with Crippen LogP contribution in [0, 0.1) is 11.3 Å². The molecular formula is C23H26N4O5. The molecule has 32 heavy (non-hydrogen) atoms. The van der Waals surface area contributed by atoms with E-state index in [-0.39, 0.29) is 12.6 Å². The molecule has 9 heteroatoms. The summed E-state index contributed by atoms with van der Waals surface area (Å²) in [6.07, 6.45) is 0.703. The quantitative estimate of drug-likeness (QED) is 0.354. The lowest BCUT2D eigenvalue weighted by molar-refractivity contribution is -0.152. The number of esters is 1. The number of amides is 1. The summed E-state index contributed by atoms with van der Waals surface area (Å²) in [5, 5.41) is 19.3. The third-order valence-electron chi connectivity index (χ3n) is 5.83. The Morgan fingerprint density at radius 2 is 1.94 bits per heavy atom. The maximum Gasteiger partial charge on any atom is 0.313 e. The Kier molecular flexibility index (Phi) is 6.36. The minimum absolute atomic E-state index is 0.0637. The molecule has 1 aliphatic heterocycles. The van der Waals surface area contributed by atoms with Crippen molar-refractivity contribution in [2.24, 2.45) is 21.7 Å². The molecule has 0 bridgehead atoms. The smallest absolute Gasteiger partial charge is 0.313 e. The zero-order valence-corrected chi connectivity index (χ0v) is 17.8. The van der Waals surface area contributed by atoms with Crippen molar-refractivity contribution >= 4 is 17.6 Å². The van der Waals surface area contributed by atoms with Gasteiger partial charge in [0, 0.05) is 0 Å². The number of carbonyl (C=O) groups excluding carboxylic acids is 2. The number of ether oxygens (including phenoxy) is 2. The monoisotopic (exact) mass is 438 g/mol. The van der Waals surface area contributed by atoms with E-state index >= 15 is 0 Å². The van der Waals surface area contributed by atoms with Gasteiger partial charge in [-0.15, -0.1) is 0 Å². The zero-order valence-electron chi connectivity index (χ0n) is 17.8. The highest BCUT2D eigenvalue weighted by molar-refractivity contribution is 5.93. The molecule has 168 valence electrons. The third kappa shape index (κ3) is 4.57. The van der Waals surface area contributed by atoms with Crippen molar-refractivity contribution in [1.29, 1.82) is 0 Å². The van der Waals surface area contributed by atoms with Crippen LogP contribution in [0.2, 0.25) is 0 Å². The summed E-state index contributed by atoms with van der Waals surface area (Å²) in [5.74, 6) is -0.882. The van der Waals surface area contributed by atoms with Crippen LogP contribution in [0.5, 0.6) is 5.75 Å². The van der Waals surface area contributed by atoms with Gasteiger partial charge in [-0.05, 0) is 49.6 Å². The van der Waals surface area contributed by atoms with Crippen molar-refractivity contribution < 1.29 is 24.3 Å². The fourth-order valence-corrected chi connectivity index (χ4v) is 4.01. The molecule has 0 spiro atoms. The summed E-state index contributed by atoms with van der Waals surface area (Å²) in [6.45, 7) is 3.02. The topological polar surface area (TPSA) is 113 Å². The maximum atomic E-state index is 12.5. The molecule has 1 amide bonds. The molecule has 0 aromatic heterocycles. The minimum Gasteiger partial charge on any atom is -0.491 e. The molecule has 1 heterocycles. The van der Waals surface area contributed by atoms with Crippen LogP contribution in [0.4, 0.5) is 5.69 Å².